The minimum Gasteiger partial charge on any atom is -0.313 e. The van der Waals surface area contributed by atoms with Gasteiger partial charge >= 0.3 is 0 Å². The van der Waals surface area contributed by atoms with Gasteiger partial charge in [-0.1, -0.05) is 24.4 Å². The van der Waals surface area contributed by atoms with Gasteiger partial charge in [0, 0.05) is 17.4 Å². The molecular weight excluding hydrogens is 260 g/mol. The first-order valence-electron chi connectivity index (χ1n) is 5.94. The molecule has 0 aliphatic rings. The molecule has 0 bridgehead atoms. The second-order valence-electron chi connectivity index (χ2n) is 4.02. The van der Waals surface area contributed by atoms with Gasteiger partial charge in [0.25, 0.3) is 0 Å². The molecular formula is C13H18Cl2FN. The van der Waals surface area contributed by atoms with Crippen LogP contribution in [-0.2, 0) is 6.54 Å². The van der Waals surface area contributed by atoms with E-state index >= 15 is 0 Å². The highest BCUT2D eigenvalue weighted by molar-refractivity contribution is 6.31. The number of rotatable bonds is 8. The normalized spacial score (nSPS) is 10.8. The van der Waals surface area contributed by atoms with Crippen LogP contribution in [0.4, 0.5) is 4.39 Å². The first kappa shape index (κ1) is 14.7. The van der Waals surface area contributed by atoms with Gasteiger partial charge in [-0.25, -0.2) is 4.39 Å². The molecule has 96 valence electrons. The molecule has 1 N–H and O–H groups in total. The Balaban J connectivity index is 2.15. The Labute approximate surface area is 112 Å². The topological polar surface area (TPSA) is 12.0 Å². The van der Waals surface area contributed by atoms with Crippen LogP contribution in [0.25, 0.3) is 0 Å². The van der Waals surface area contributed by atoms with Gasteiger partial charge in [-0.15, -0.1) is 11.6 Å². The van der Waals surface area contributed by atoms with Crippen molar-refractivity contribution in [1.29, 1.82) is 0 Å². The quantitative estimate of drug-likeness (QED) is 0.550. The van der Waals surface area contributed by atoms with E-state index in [2.05, 4.69) is 5.32 Å². The van der Waals surface area contributed by atoms with Crippen LogP contribution >= 0.6 is 23.2 Å². The number of halogens is 3. The van der Waals surface area contributed by atoms with Gasteiger partial charge < -0.3 is 5.32 Å². The molecule has 0 saturated heterocycles. The maximum Gasteiger partial charge on any atom is 0.123 e. The second-order valence-corrected chi connectivity index (χ2v) is 4.80. The van der Waals surface area contributed by atoms with E-state index < -0.39 is 0 Å². The van der Waals surface area contributed by atoms with E-state index in [-0.39, 0.29) is 5.82 Å². The molecule has 0 aliphatic carbocycles. The Morgan fingerprint density at radius 3 is 2.65 bits per heavy atom. The van der Waals surface area contributed by atoms with E-state index in [4.69, 9.17) is 23.2 Å². The predicted molar refractivity (Wildman–Crippen MR) is 72.3 cm³/mol. The molecule has 17 heavy (non-hydrogen) atoms. The largest absolute Gasteiger partial charge is 0.313 e. The van der Waals surface area contributed by atoms with Crippen LogP contribution in [-0.4, -0.2) is 12.4 Å². The number of hydrogen-bond donors (Lipinski definition) is 1. The van der Waals surface area contributed by atoms with Crippen molar-refractivity contribution in [3.8, 4) is 0 Å². The van der Waals surface area contributed by atoms with Gasteiger partial charge in [0.15, 0.2) is 0 Å². The highest BCUT2D eigenvalue weighted by Crippen LogP contribution is 2.16. The van der Waals surface area contributed by atoms with Crippen molar-refractivity contribution in [3.05, 3.63) is 34.6 Å². The molecule has 0 fully saturated rings. The summed E-state index contributed by atoms with van der Waals surface area (Å²) in [5.74, 6) is 0.500. The number of nitrogens with one attached hydrogen (secondary N) is 1. The van der Waals surface area contributed by atoms with Crippen molar-refractivity contribution < 1.29 is 4.39 Å². The van der Waals surface area contributed by atoms with Gasteiger partial charge in [-0.3, -0.25) is 0 Å². The van der Waals surface area contributed by atoms with E-state index in [1.165, 1.54) is 25.0 Å². The Kier molecular flexibility index (Phi) is 7.58. The summed E-state index contributed by atoms with van der Waals surface area (Å²) in [4.78, 5) is 0. The van der Waals surface area contributed by atoms with Crippen LogP contribution in [0.5, 0.6) is 0 Å². The lowest BCUT2D eigenvalue weighted by Crippen LogP contribution is -2.15. The molecule has 1 aromatic rings. The number of hydrogen-bond acceptors (Lipinski definition) is 1. The molecule has 1 aromatic carbocycles. The molecule has 0 heterocycles. The minimum absolute atomic E-state index is 0.242. The highest BCUT2D eigenvalue weighted by Gasteiger charge is 2.01. The van der Waals surface area contributed by atoms with Crippen molar-refractivity contribution in [2.24, 2.45) is 0 Å². The predicted octanol–water partition coefficient (Wildman–Crippen LogP) is 4.37. The summed E-state index contributed by atoms with van der Waals surface area (Å²) in [6, 6.07) is 4.44. The van der Waals surface area contributed by atoms with Crippen LogP contribution in [0.15, 0.2) is 18.2 Å². The number of benzene rings is 1. The number of unbranched alkanes of at least 4 members (excludes halogenated alkanes) is 3. The Morgan fingerprint density at radius 1 is 1.12 bits per heavy atom. The standard InChI is InChI=1S/C13H18Cl2FN/c14-7-3-1-2-4-8-17-10-11-9-12(16)5-6-13(11)15/h5-6,9,17H,1-4,7-8,10H2. The third-order valence-electron chi connectivity index (χ3n) is 2.56. The molecule has 1 nitrogen and oxygen atoms in total. The lowest BCUT2D eigenvalue weighted by atomic mass is 10.2. The molecule has 4 heteroatoms. The molecule has 0 spiro atoms. The van der Waals surface area contributed by atoms with Crippen molar-refractivity contribution in [1.82, 2.24) is 5.32 Å². The van der Waals surface area contributed by atoms with Crippen LogP contribution in [0.2, 0.25) is 5.02 Å². The van der Waals surface area contributed by atoms with Crippen LogP contribution < -0.4 is 5.32 Å². The summed E-state index contributed by atoms with van der Waals surface area (Å²) in [5.41, 5.74) is 0.812. The fraction of sp³-hybridized carbons (Fsp3) is 0.538. The van der Waals surface area contributed by atoms with Gasteiger partial charge in [0.2, 0.25) is 0 Å². The minimum atomic E-state index is -0.242. The maximum atomic E-state index is 13.0. The van der Waals surface area contributed by atoms with Crippen LogP contribution in [0, 0.1) is 5.82 Å². The summed E-state index contributed by atoms with van der Waals surface area (Å²) in [5, 5.41) is 3.87. The zero-order chi connectivity index (χ0) is 12.5. The molecule has 0 amide bonds. The Morgan fingerprint density at radius 2 is 1.88 bits per heavy atom. The molecule has 0 aliphatic heterocycles. The average molecular weight is 278 g/mol. The molecule has 1 rings (SSSR count). The monoisotopic (exact) mass is 277 g/mol. The number of alkyl halides is 1. The van der Waals surface area contributed by atoms with Crippen molar-refractivity contribution in [3.63, 3.8) is 0 Å². The summed E-state index contributed by atoms with van der Waals surface area (Å²) in [7, 11) is 0. The van der Waals surface area contributed by atoms with Crippen molar-refractivity contribution in [2.45, 2.75) is 32.2 Å². The van der Waals surface area contributed by atoms with E-state index in [0.717, 1.165) is 30.8 Å². The molecule has 0 saturated carbocycles. The van der Waals surface area contributed by atoms with Gasteiger partial charge in [0.1, 0.15) is 5.82 Å². The summed E-state index contributed by atoms with van der Waals surface area (Å²) >= 11 is 11.5. The highest BCUT2D eigenvalue weighted by atomic mass is 35.5. The SMILES string of the molecule is Fc1ccc(Cl)c(CNCCCCCCCl)c1. The fourth-order valence-corrected chi connectivity index (χ4v) is 1.97. The van der Waals surface area contributed by atoms with E-state index in [1.54, 1.807) is 6.07 Å². The molecule has 0 aromatic heterocycles. The molecule has 0 radical (unpaired) electrons. The smallest absolute Gasteiger partial charge is 0.123 e. The lowest BCUT2D eigenvalue weighted by molar-refractivity contribution is 0.593. The van der Waals surface area contributed by atoms with Crippen molar-refractivity contribution >= 4 is 23.2 Å². The fourth-order valence-electron chi connectivity index (χ4n) is 1.60. The first-order valence-corrected chi connectivity index (χ1v) is 6.86. The Bertz CT molecular complexity index is 331. The second kappa shape index (κ2) is 8.73. The molecule has 0 atom stereocenters. The first-order chi connectivity index (χ1) is 8.24. The summed E-state index contributed by atoms with van der Waals surface area (Å²) < 4.78 is 13.0. The zero-order valence-corrected chi connectivity index (χ0v) is 11.3. The van der Waals surface area contributed by atoms with Crippen LogP contribution in [0.1, 0.15) is 31.2 Å². The third-order valence-corrected chi connectivity index (χ3v) is 3.20. The van der Waals surface area contributed by atoms with Crippen LogP contribution in [0.3, 0.4) is 0 Å². The van der Waals surface area contributed by atoms with E-state index in [1.807, 2.05) is 0 Å². The molecule has 0 unspecified atom stereocenters. The summed E-state index contributed by atoms with van der Waals surface area (Å²) in [6.07, 6.45) is 4.55. The van der Waals surface area contributed by atoms with E-state index in [9.17, 15) is 4.39 Å². The van der Waals surface area contributed by atoms with E-state index in [0.29, 0.717) is 11.6 Å². The zero-order valence-electron chi connectivity index (χ0n) is 9.82. The van der Waals surface area contributed by atoms with Gasteiger partial charge in [-0.05, 0) is 43.1 Å². The van der Waals surface area contributed by atoms with Crippen molar-refractivity contribution in [2.75, 3.05) is 12.4 Å². The maximum absolute atomic E-state index is 13.0. The average Bonchev–Trinajstić information content (AvgIpc) is 2.32. The van der Waals surface area contributed by atoms with Gasteiger partial charge in [0.05, 0.1) is 0 Å². The summed E-state index contributed by atoms with van der Waals surface area (Å²) in [6.45, 7) is 1.54. The van der Waals surface area contributed by atoms with Gasteiger partial charge in [-0.2, -0.15) is 0 Å². The third kappa shape index (κ3) is 6.25. The Hall–Kier alpha value is -0.310. The lowest BCUT2D eigenvalue weighted by Gasteiger charge is -2.06.